The fraction of sp³-hybridized carbons (Fsp3) is 0. The molecule has 0 aliphatic rings. The van der Waals surface area contributed by atoms with Crippen molar-refractivity contribution in [3.8, 4) is 45.6 Å². The predicted molar refractivity (Wildman–Crippen MR) is 239 cm³/mol. The first-order chi connectivity index (χ1) is 31.7. The Balaban J connectivity index is 0.000000234. The molecule has 0 fully saturated rings. The Hall–Kier alpha value is -7.22. The SMILES string of the molecule is C(=N\Nc1cc(-c2ccccn2)nc(-c2ccccn2)c1)/c1ccncc1.C(=N\Nc1cc(-c2ccccn2)nc(-c2ccccn2)c1)/c1ccncc1.F[P-](F)(F)(F)(F)F.F[P-](F)(F)(F)(F)F.[Ru+2]. The summed E-state index contributed by atoms with van der Waals surface area (Å²) in [6.07, 6.45) is 17.4. The monoisotopic (exact) mass is 1100 g/mol. The molecule has 8 aromatic rings. The molecule has 0 saturated carbocycles. The van der Waals surface area contributed by atoms with E-state index in [9.17, 15) is 50.4 Å². The van der Waals surface area contributed by atoms with Gasteiger partial charge in [-0.2, -0.15) is 10.2 Å². The second kappa shape index (κ2) is 21.4. The first-order valence-corrected chi connectivity index (χ1v) is 22.9. The number of nitrogens with one attached hydrogen (secondary N) is 2. The second-order valence-corrected chi connectivity index (χ2v) is 17.2. The number of aromatic nitrogens is 8. The van der Waals surface area contributed by atoms with Crippen molar-refractivity contribution in [1.29, 1.82) is 0 Å². The first-order valence-electron chi connectivity index (χ1n) is 18.9. The third kappa shape index (κ3) is 24.4. The molecule has 0 aliphatic carbocycles. The summed E-state index contributed by atoms with van der Waals surface area (Å²) in [5.74, 6) is 0. The van der Waals surface area contributed by atoms with Gasteiger partial charge in [0.25, 0.3) is 0 Å². The van der Waals surface area contributed by atoms with E-state index in [4.69, 9.17) is 9.97 Å². The fourth-order valence-electron chi connectivity index (χ4n) is 5.03. The summed E-state index contributed by atoms with van der Waals surface area (Å²) in [5, 5.41) is 8.62. The fourth-order valence-corrected chi connectivity index (χ4v) is 5.03. The maximum absolute atomic E-state index is 10.7. The Bertz CT molecular complexity index is 2590. The summed E-state index contributed by atoms with van der Waals surface area (Å²) in [7, 11) is -21.3. The molecule has 362 valence electrons. The van der Waals surface area contributed by atoms with Crippen LogP contribution in [0.25, 0.3) is 45.6 Å². The van der Waals surface area contributed by atoms with Gasteiger partial charge in [0.05, 0.1) is 69.4 Å². The Labute approximate surface area is 396 Å². The third-order valence-electron chi connectivity index (χ3n) is 7.59. The van der Waals surface area contributed by atoms with Crippen LogP contribution in [-0.2, 0) is 19.5 Å². The van der Waals surface area contributed by atoms with Gasteiger partial charge in [-0.05, 0) is 108 Å². The Morgan fingerprint density at radius 1 is 0.348 bits per heavy atom. The number of halogens is 12. The summed E-state index contributed by atoms with van der Waals surface area (Å²) in [5.41, 5.74) is 15.8. The molecular formula is C42H32F12N12P2Ru. The number of nitrogens with zero attached hydrogens (tertiary/aromatic N) is 10. The maximum atomic E-state index is 9.87. The van der Waals surface area contributed by atoms with Crippen LogP contribution in [0, 0.1) is 0 Å². The van der Waals surface area contributed by atoms with E-state index >= 15 is 0 Å². The molecule has 8 rings (SSSR count). The predicted octanol–water partition coefficient (Wildman–Crippen LogP) is 14.9. The van der Waals surface area contributed by atoms with Crippen LogP contribution in [0.1, 0.15) is 11.1 Å². The zero-order valence-corrected chi connectivity index (χ0v) is 38.1. The molecule has 0 atom stereocenters. The van der Waals surface area contributed by atoms with Gasteiger partial charge in [-0.1, -0.05) is 24.3 Å². The van der Waals surface area contributed by atoms with Crippen molar-refractivity contribution in [3.05, 3.63) is 182 Å². The van der Waals surface area contributed by atoms with Crippen LogP contribution in [0.5, 0.6) is 0 Å². The van der Waals surface area contributed by atoms with E-state index in [2.05, 4.69) is 51.0 Å². The molecule has 0 bridgehead atoms. The number of anilines is 2. The number of pyridine rings is 8. The molecule has 27 heteroatoms. The number of hydrazone groups is 2. The summed E-state index contributed by atoms with van der Waals surface area (Å²) < 4.78 is 118. The van der Waals surface area contributed by atoms with E-state index in [-0.39, 0.29) is 19.5 Å². The minimum absolute atomic E-state index is 0. The zero-order chi connectivity index (χ0) is 49.4. The van der Waals surface area contributed by atoms with Crippen molar-refractivity contribution in [2.45, 2.75) is 0 Å². The van der Waals surface area contributed by atoms with Crippen molar-refractivity contribution < 1.29 is 69.8 Å². The summed E-state index contributed by atoms with van der Waals surface area (Å²) in [4.78, 5) is 35.0. The minimum Gasteiger partial charge on any atom is 2.00 e. The normalized spacial score (nSPS) is 13.2. The van der Waals surface area contributed by atoms with Crippen LogP contribution in [0.4, 0.5) is 61.7 Å². The summed E-state index contributed by atoms with van der Waals surface area (Å²) >= 11 is 0. The van der Waals surface area contributed by atoms with Crippen molar-refractivity contribution in [3.63, 3.8) is 0 Å². The van der Waals surface area contributed by atoms with E-state index in [0.717, 1.165) is 68.1 Å². The molecule has 69 heavy (non-hydrogen) atoms. The topological polar surface area (TPSA) is 152 Å². The van der Waals surface area contributed by atoms with Crippen molar-refractivity contribution in [2.24, 2.45) is 10.2 Å². The van der Waals surface area contributed by atoms with Gasteiger partial charge in [0.15, 0.2) is 0 Å². The molecule has 8 heterocycles. The van der Waals surface area contributed by atoms with Gasteiger partial charge in [0, 0.05) is 49.6 Å². The van der Waals surface area contributed by atoms with Crippen LogP contribution in [0.3, 0.4) is 0 Å². The summed E-state index contributed by atoms with van der Waals surface area (Å²) in [6.45, 7) is 0. The van der Waals surface area contributed by atoms with Crippen LogP contribution in [0.2, 0.25) is 0 Å². The van der Waals surface area contributed by atoms with Crippen LogP contribution in [-0.4, -0.2) is 52.3 Å². The molecule has 0 aromatic carbocycles. The molecule has 0 saturated heterocycles. The summed E-state index contributed by atoms with van der Waals surface area (Å²) in [6, 6.07) is 38.2. The minimum atomic E-state index is -10.7. The van der Waals surface area contributed by atoms with Crippen molar-refractivity contribution in [1.82, 2.24) is 39.9 Å². The Morgan fingerprint density at radius 3 is 0.812 bits per heavy atom. The average Bonchev–Trinajstić information content (AvgIpc) is 3.29. The van der Waals surface area contributed by atoms with E-state index in [1.165, 1.54) is 0 Å². The number of hydrogen-bond donors (Lipinski definition) is 2. The number of rotatable bonds is 10. The van der Waals surface area contributed by atoms with Gasteiger partial charge in [-0.15, -0.1) is 0 Å². The molecule has 0 amide bonds. The molecule has 8 aromatic heterocycles. The maximum Gasteiger partial charge on any atom is 2.00 e. The molecule has 0 spiro atoms. The van der Waals surface area contributed by atoms with Crippen molar-refractivity contribution >= 4 is 39.4 Å². The standard InChI is InChI=1S/2C21H16N6.2F6P.Ru/c2*1-3-9-23-18(5-1)20-13-17(27-25-15-16-7-11-22-12-8-16)14-21(26-20)19-6-2-4-10-24-19;2*1-7(2,3,4,5)6;/h2*1-15H,(H,26,27);;;/q;;2*-1;+2/b2*25-15+;;;. The largest absolute Gasteiger partial charge is 2.00 e. The van der Waals surface area contributed by atoms with E-state index < -0.39 is 15.6 Å². The van der Waals surface area contributed by atoms with Gasteiger partial charge < -0.3 is 0 Å². The molecule has 12 nitrogen and oxygen atoms in total. The average molecular weight is 1100 g/mol. The number of hydrogen-bond acceptors (Lipinski definition) is 12. The van der Waals surface area contributed by atoms with Crippen LogP contribution < -0.4 is 10.9 Å². The first kappa shape index (κ1) is 54.4. The van der Waals surface area contributed by atoms with E-state index in [1.54, 1.807) is 62.0 Å². The Morgan fingerprint density at radius 2 is 0.594 bits per heavy atom. The third-order valence-corrected chi connectivity index (χ3v) is 7.59. The van der Waals surface area contributed by atoms with E-state index in [0.29, 0.717) is 0 Å². The van der Waals surface area contributed by atoms with Gasteiger partial charge >= 0.3 is 85.5 Å². The zero-order valence-electron chi connectivity index (χ0n) is 34.6. The van der Waals surface area contributed by atoms with E-state index in [1.807, 2.05) is 121 Å². The van der Waals surface area contributed by atoms with Gasteiger partial charge in [0.2, 0.25) is 0 Å². The van der Waals surface area contributed by atoms with Crippen LogP contribution in [0.15, 0.2) is 181 Å². The smallest absolute Gasteiger partial charge is 2.00 e. The van der Waals surface area contributed by atoms with Gasteiger partial charge in [0.1, 0.15) is 0 Å². The molecule has 0 unspecified atom stereocenters. The molecule has 0 radical (unpaired) electrons. The Kier molecular flexibility index (Phi) is 16.9. The molecular weight excluding hydrogens is 1060 g/mol. The van der Waals surface area contributed by atoms with Crippen LogP contribution >= 0.6 is 15.6 Å². The quantitative estimate of drug-likeness (QED) is 0.0445. The second-order valence-electron chi connectivity index (χ2n) is 13.3. The molecule has 2 N–H and O–H groups in total. The van der Waals surface area contributed by atoms with Gasteiger partial charge in [-0.25, -0.2) is 9.97 Å². The van der Waals surface area contributed by atoms with Gasteiger partial charge in [-0.3, -0.25) is 40.8 Å². The molecule has 0 aliphatic heterocycles. The van der Waals surface area contributed by atoms with Crippen molar-refractivity contribution in [2.75, 3.05) is 10.9 Å².